The second-order valence-electron chi connectivity index (χ2n) is 7.10. The van der Waals surface area contributed by atoms with Crippen molar-refractivity contribution >= 4 is 45.6 Å². The van der Waals surface area contributed by atoms with E-state index >= 15 is 0 Å². The van der Waals surface area contributed by atoms with Gasteiger partial charge in [0.25, 0.3) is 0 Å². The van der Waals surface area contributed by atoms with Crippen LogP contribution in [0.2, 0.25) is 5.02 Å². The lowest BCUT2D eigenvalue weighted by Crippen LogP contribution is -2.20. The molecule has 5 rings (SSSR count). The van der Waals surface area contributed by atoms with Gasteiger partial charge >= 0.3 is 6.03 Å². The molecule has 0 aliphatic heterocycles. The van der Waals surface area contributed by atoms with Gasteiger partial charge in [-0.05, 0) is 48.5 Å². The maximum absolute atomic E-state index is 12.6. The Hall–Kier alpha value is -4.10. The molecule has 2 N–H and O–H groups in total. The van der Waals surface area contributed by atoms with E-state index in [4.69, 9.17) is 21.3 Å². The molecular formula is C24H18ClN5O2. The minimum atomic E-state index is -0.403. The highest BCUT2D eigenvalue weighted by Gasteiger charge is 2.14. The van der Waals surface area contributed by atoms with Gasteiger partial charge < -0.3 is 10.1 Å². The molecule has 2 amide bonds. The van der Waals surface area contributed by atoms with Crippen molar-refractivity contribution in [3.05, 3.63) is 84.0 Å². The predicted molar refractivity (Wildman–Crippen MR) is 127 cm³/mol. The largest absolute Gasteiger partial charge is 0.497 e. The molecule has 158 valence electrons. The first kappa shape index (κ1) is 19.8. The number of carbonyl (C=O) groups is 1. The van der Waals surface area contributed by atoms with E-state index in [2.05, 4.69) is 15.7 Å². The number of ether oxygens (including phenoxy) is 1. The summed E-state index contributed by atoms with van der Waals surface area (Å²) < 4.78 is 6.91. The number of halogens is 1. The number of carbonyl (C=O) groups excluding carboxylic acids is 1. The van der Waals surface area contributed by atoms with Gasteiger partial charge in [0.2, 0.25) is 0 Å². The minimum absolute atomic E-state index is 0.403. The van der Waals surface area contributed by atoms with Crippen LogP contribution < -0.4 is 15.4 Å². The summed E-state index contributed by atoms with van der Waals surface area (Å²) in [7, 11) is 1.63. The monoisotopic (exact) mass is 443 g/mol. The number of nitrogens with zero attached hydrogens (tertiary/aromatic N) is 3. The number of hydrogen-bond donors (Lipinski definition) is 2. The van der Waals surface area contributed by atoms with E-state index in [9.17, 15) is 4.79 Å². The highest BCUT2D eigenvalue weighted by molar-refractivity contribution is 6.30. The number of anilines is 2. The van der Waals surface area contributed by atoms with Gasteiger partial charge in [-0.3, -0.25) is 5.32 Å². The van der Waals surface area contributed by atoms with Crippen molar-refractivity contribution in [1.29, 1.82) is 0 Å². The molecule has 0 saturated carbocycles. The van der Waals surface area contributed by atoms with E-state index in [1.165, 1.54) is 0 Å². The highest BCUT2D eigenvalue weighted by Crippen LogP contribution is 2.28. The minimum Gasteiger partial charge on any atom is -0.497 e. The van der Waals surface area contributed by atoms with E-state index in [1.54, 1.807) is 35.9 Å². The molecule has 3 aromatic carbocycles. The number of rotatable bonds is 4. The van der Waals surface area contributed by atoms with E-state index in [-0.39, 0.29) is 0 Å². The lowest BCUT2D eigenvalue weighted by molar-refractivity contribution is 0.262. The first-order valence-electron chi connectivity index (χ1n) is 9.87. The Bertz CT molecular complexity index is 1430. The zero-order chi connectivity index (χ0) is 22.1. The Labute approximate surface area is 188 Å². The van der Waals surface area contributed by atoms with Crippen LogP contribution in [0.15, 0.2) is 79.0 Å². The SMILES string of the molecule is COc1ccc(-c2cn3nc(NC(=O)Nc4ccc(Cl)cc4)c4ccccc4c3n2)cc1. The summed E-state index contributed by atoms with van der Waals surface area (Å²) in [6, 6.07) is 21.8. The average molecular weight is 444 g/mol. The Morgan fingerprint density at radius 2 is 1.66 bits per heavy atom. The molecule has 0 aliphatic carbocycles. The summed E-state index contributed by atoms with van der Waals surface area (Å²) in [5, 5.41) is 12.5. The van der Waals surface area contributed by atoms with Gasteiger partial charge in [-0.25, -0.2) is 14.3 Å². The van der Waals surface area contributed by atoms with Crippen molar-refractivity contribution in [3.63, 3.8) is 0 Å². The van der Waals surface area contributed by atoms with Gasteiger partial charge in [-0.1, -0.05) is 35.9 Å². The third-order valence-electron chi connectivity index (χ3n) is 5.04. The summed E-state index contributed by atoms with van der Waals surface area (Å²) in [4.78, 5) is 17.4. The molecule has 7 nitrogen and oxygen atoms in total. The molecule has 32 heavy (non-hydrogen) atoms. The first-order chi connectivity index (χ1) is 15.6. The molecule has 0 spiro atoms. The van der Waals surface area contributed by atoms with Crippen molar-refractivity contribution in [1.82, 2.24) is 14.6 Å². The third kappa shape index (κ3) is 3.81. The molecule has 0 aliphatic rings. The van der Waals surface area contributed by atoms with Crippen LogP contribution in [0.25, 0.3) is 27.7 Å². The molecule has 0 bridgehead atoms. The lowest BCUT2D eigenvalue weighted by atomic mass is 10.1. The van der Waals surface area contributed by atoms with Gasteiger partial charge in [0.15, 0.2) is 11.5 Å². The Morgan fingerprint density at radius 1 is 0.938 bits per heavy atom. The van der Waals surface area contributed by atoms with Crippen LogP contribution in [-0.4, -0.2) is 27.7 Å². The molecule has 5 aromatic rings. The number of nitrogens with one attached hydrogen (secondary N) is 2. The molecule has 2 aromatic heterocycles. The smallest absolute Gasteiger partial charge is 0.324 e. The number of imidazole rings is 1. The third-order valence-corrected chi connectivity index (χ3v) is 5.29. The molecule has 0 fully saturated rings. The number of fused-ring (bicyclic) bond motifs is 3. The molecule has 0 unspecified atom stereocenters. The Kier molecular flexibility index (Phi) is 5.09. The van der Waals surface area contributed by atoms with Crippen molar-refractivity contribution < 1.29 is 9.53 Å². The van der Waals surface area contributed by atoms with E-state index in [0.717, 1.165) is 27.8 Å². The van der Waals surface area contributed by atoms with Crippen molar-refractivity contribution in [2.75, 3.05) is 17.7 Å². The topological polar surface area (TPSA) is 80.5 Å². The van der Waals surface area contributed by atoms with E-state index < -0.39 is 6.03 Å². The van der Waals surface area contributed by atoms with Crippen molar-refractivity contribution in [2.45, 2.75) is 0 Å². The standard InChI is InChI=1S/C24H18ClN5O2/c1-32-18-12-6-15(7-13-18)21-14-30-23(27-21)20-5-3-2-4-19(20)22(29-30)28-24(31)26-17-10-8-16(25)9-11-17/h2-14H,1H3,(H2,26,28,29,31). The summed E-state index contributed by atoms with van der Waals surface area (Å²) in [5.74, 6) is 1.21. The van der Waals surface area contributed by atoms with Gasteiger partial charge in [-0.15, -0.1) is 5.10 Å². The first-order valence-corrected chi connectivity index (χ1v) is 10.2. The summed E-state index contributed by atoms with van der Waals surface area (Å²) in [5.41, 5.74) is 3.04. The molecule has 8 heteroatoms. The van der Waals surface area contributed by atoms with Crippen LogP contribution in [0, 0.1) is 0 Å². The fourth-order valence-electron chi connectivity index (χ4n) is 3.47. The number of urea groups is 1. The summed E-state index contributed by atoms with van der Waals surface area (Å²) >= 11 is 5.91. The maximum atomic E-state index is 12.6. The van der Waals surface area contributed by atoms with Crippen molar-refractivity contribution in [3.8, 4) is 17.0 Å². The van der Waals surface area contributed by atoms with Crippen LogP contribution in [0.3, 0.4) is 0 Å². The van der Waals surface area contributed by atoms with Crippen molar-refractivity contribution in [2.24, 2.45) is 0 Å². The number of amides is 2. The fraction of sp³-hybridized carbons (Fsp3) is 0.0417. The molecule has 0 atom stereocenters. The van der Waals surface area contributed by atoms with Crippen LogP contribution >= 0.6 is 11.6 Å². The van der Waals surface area contributed by atoms with Crippen LogP contribution in [-0.2, 0) is 0 Å². The van der Waals surface area contributed by atoms with Gasteiger partial charge in [0, 0.05) is 27.0 Å². The zero-order valence-corrected chi connectivity index (χ0v) is 17.8. The molecule has 2 heterocycles. The van der Waals surface area contributed by atoms with Crippen LogP contribution in [0.5, 0.6) is 5.75 Å². The molecule has 0 saturated heterocycles. The van der Waals surface area contributed by atoms with E-state index in [0.29, 0.717) is 22.2 Å². The van der Waals surface area contributed by atoms with Gasteiger partial charge in [-0.2, -0.15) is 0 Å². The molecule has 0 radical (unpaired) electrons. The van der Waals surface area contributed by atoms with Gasteiger partial charge in [0.05, 0.1) is 19.0 Å². The lowest BCUT2D eigenvalue weighted by Gasteiger charge is -2.10. The second-order valence-corrected chi connectivity index (χ2v) is 7.54. The fourth-order valence-corrected chi connectivity index (χ4v) is 3.60. The van der Waals surface area contributed by atoms with Crippen LogP contribution in [0.1, 0.15) is 0 Å². The Balaban J connectivity index is 1.52. The zero-order valence-electron chi connectivity index (χ0n) is 17.0. The summed E-state index contributed by atoms with van der Waals surface area (Å²) in [6.07, 6.45) is 1.84. The average Bonchev–Trinajstić information content (AvgIpc) is 3.25. The summed E-state index contributed by atoms with van der Waals surface area (Å²) in [6.45, 7) is 0. The van der Waals surface area contributed by atoms with Gasteiger partial charge in [0.1, 0.15) is 5.75 Å². The maximum Gasteiger partial charge on any atom is 0.324 e. The number of methoxy groups -OCH3 is 1. The predicted octanol–water partition coefficient (Wildman–Crippen LogP) is 5.86. The second kappa shape index (κ2) is 8.20. The molecular weight excluding hydrogens is 426 g/mol. The Morgan fingerprint density at radius 3 is 2.38 bits per heavy atom. The van der Waals surface area contributed by atoms with Crippen LogP contribution in [0.4, 0.5) is 16.3 Å². The number of hydrogen-bond acceptors (Lipinski definition) is 4. The number of aromatic nitrogens is 3. The highest BCUT2D eigenvalue weighted by atomic mass is 35.5. The van der Waals surface area contributed by atoms with E-state index in [1.807, 2.05) is 54.7 Å². The normalized spacial score (nSPS) is 10.9. The number of benzene rings is 3. The quantitative estimate of drug-likeness (QED) is 0.365.